The Labute approximate surface area is 211 Å². The van der Waals surface area contributed by atoms with Gasteiger partial charge in [0.05, 0.1) is 34.0 Å². The Bertz CT molecular complexity index is 1230. The van der Waals surface area contributed by atoms with E-state index in [1.165, 1.54) is 11.8 Å². The molecule has 1 atom stereocenters. The van der Waals surface area contributed by atoms with Crippen LogP contribution in [-0.2, 0) is 14.3 Å². The minimum atomic E-state index is -0.507. The van der Waals surface area contributed by atoms with E-state index in [1.54, 1.807) is 38.1 Å². The molecule has 4 rings (SSSR count). The summed E-state index contributed by atoms with van der Waals surface area (Å²) in [7, 11) is 0. The lowest BCUT2D eigenvalue weighted by Crippen LogP contribution is -2.34. The minimum absolute atomic E-state index is 0.243. The van der Waals surface area contributed by atoms with Crippen LogP contribution < -0.4 is 10.1 Å². The van der Waals surface area contributed by atoms with E-state index in [-0.39, 0.29) is 19.1 Å². The Morgan fingerprint density at radius 1 is 1.18 bits per heavy atom. The van der Waals surface area contributed by atoms with Crippen LogP contribution in [0.15, 0.2) is 70.3 Å². The van der Waals surface area contributed by atoms with Crippen LogP contribution in [0.25, 0.3) is 0 Å². The normalized spacial score (nSPS) is 16.8. The molecule has 7 nitrogen and oxygen atoms in total. The van der Waals surface area contributed by atoms with Crippen LogP contribution in [0.3, 0.4) is 0 Å². The van der Waals surface area contributed by atoms with Crippen molar-refractivity contribution < 1.29 is 19.1 Å². The summed E-state index contributed by atoms with van der Waals surface area (Å²) in [4.78, 5) is 31.9. The monoisotopic (exact) mass is 517 g/mol. The predicted molar refractivity (Wildman–Crippen MR) is 135 cm³/mol. The van der Waals surface area contributed by atoms with Crippen molar-refractivity contribution in [2.75, 3.05) is 18.5 Å². The molecule has 2 aromatic carbocycles. The number of hydrogen-bond donors (Lipinski definition) is 1. The Balaban J connectivity index is 1.58. The number of thioether (sulfide) groups is 1. The van der Waals surface area contributed by atoms with Gasteiger partial charge in [-0.25, -0.2) is 9.79 Å². The molecule has 0 radical (unpaired) electrons. The van der Waals surface area contributed by atoms with E-state index in [4.69, 9.17) is 32.7 Å². The molecule has 1 amide bonds. The number of rotatable bonds is 7. The molecule has 1 N–H and O–H groups in total. The topological polar surface area (TPSA) is 80.2 Å². The number of para-hydroxylation sites is 1. The molecule has 2 aliphatic heterocycles. The first-order valence-electron chi connectivity index (χ1n) is 10.4. The standard InChI is InChI=1S/C24H21Cl2N3O4S/c1-3-32-23(31)21-14(2)27-24-29(10-11-34-24)22(21)16-6-4-5-7-19(16)33-13-20(30)28-15-8-9-17(25)18(26)12-15/h4-12,22H,3,13H2,1-2H3,(H,28,30)/t22-/m0/s1. The number of anilines is 1. The quantitative estimate of drug-likeness (QED) is 0.469. The molecule has 2 aliphatic rings. The van der Waals surface area contributed by atoms with Gasteiger partial charge in [0.1, 0.15) is 5.75 Å². The Kier molecular flexibility index (Phi) is 7.50. The van der Waals surface area contributed by atoms with Crippen molar-refractivity contribution >= 4 is 57.7 Å². The van der Waals surface area contributed by atoms with Gasteiger partial charge in [0.2, 0.25) is 0 Å². The van der Waals surface area contributed by atoms with Crippen molar-refractivity contribution in [1.82, 2.24) is 4.90 Å². The molecule has 2 aromatic rings. The summed E-state index contributed by atoms with van der Waals surface area (Å²) in [5, 5.41) is 6.13. The molecular weight excluding hydrogens is 497 g/mol. The molecule has 0 bridgehead atoms. The van der Waals surface area contributed by atoms with Gasteiger partial charge in [-0.2, -0.15) is 0 Å². The summed E-state index contributed by atoms with van der Waals surface area (Å²) in [5.41, 5.74) is 2.23. The van der Waals surface area contributed by atoms with E-state index in [2.05, 4.69) is 10.3 Å². The molecule has 0 aliphatic carbocycles. The van der Waals surface area contributed by atoms with Gasteiger partial charge in [-0.1, -0.05) is 53.2 Å². The van der Waals surface area contributed by atoms with Gasteiger partial charge in [-0.3, -0.25) is 4.79 Å². The molecule has 0 saturated carbocycles. The van der Waals surface area contributed by atoms with Gasteiger partial charge in [-0.05, 0) is 43.5 Å². The number of nitrogens with zero attached hydrogens (tertiary/aromatic N) is 2. The van der Waals surface area contributed by atoms with E-state index in [0.717, 1.165) is 5.17 Å². The number of benzene rings is 2. The zero-order chi connectivity index (χ0) is 24.2. The third-order valence-electron chi connectivity index (χ3n) is 5.09. The summed E-state index contributed by atoms with van der Waals surface area (Å²) in [6, 6.07) is 11.6. The average molecular weight is 518 g/mol. The average Bonchev–Trinajstić information content (AvgIpc) is 3.27. The van der Waals surface area contributed by atoms with E-state index >= 15 is 0 Å². The first kappa shape index (κ1) is 24.2. The summed E-state index contributed by atoms with van der Waals surface area (Å²) in [6.07, 6.45) is 1.87. The zero-order valence-electron chi connectivity index (χ0n) is 18.4. The van der Waals surface area contributed by atoms with Crippen molar-refractivity contribution in [2.24, 2.45) is 4.99 Å². The number of carbonyl (C=O) groups excluding carboxylic acids is 2. The number of allylic oxidation sites excluding steroid dienone is 1. The highest BCUT2D eigenvalue weighted by atomic mass is 35.5. The van der Waals surface area contributed by atoms with Crippen molar-refractivity contribution in [2.45, 2.75) is 19.9 Å². The van der Waals surface area contributed by atoms with Gasteiger partial charge in [-0.15, -0.1) is 0 Å². The van der Waals surface area contributed by atoms with Crippen molar-refractivity contribution in [3.05, 3.63) is 81.0 Å². The highest BCUT2D eigenvalue weighted by Crippen LogP contribution is 2.43. The maximum absolute atomic E-state index is 12.9. The lowest BCUT2D eigenvalue weighted by molar-refractivity contribution is -0.139. The summed E-state index contributed by atoms with van der Waals surface area (Å²) in [5.74, 6) is -0.337. The molecule has 176 valence electrons. The van der Waals surface area contributed by atoms with Gasteiger partial charge in [0.15, 0.2) is 11.8 Å². The van der Waals surface area contributed by atoms with Crippen molar-refractivity contribution in [3.63, 3.8) is 0 Å². The number of nitrogens with one attached hydrogen (secondary N) is 1. The van der Waals surface area contributed by atoms with E-state index in [9.17, 15) is 9.59 Å². The number of amidine groups is 1. The first-order chi connectivity index (χ1) is 16.4. The fourth-order valence-corrected chi connectivity index (χ4v) is 4.72. The van der Waals surface area contributed by atoms with Crippen LogP contribution in [0.4, 0.5) is 5.69 Å². The molecule has 0 saturated heterocycles. The van der Waals surface area contributed by atoms with Crippen molar-refractivity contribution in [1.29, 1.82) is 0 Å². The highest BCUT2D eigenvalue weighted by molar-refractivity contribution is 8.16. The second-order valence-electron chi connectivity index (χ2n) is 7.33. The smallest absolute Gasteiger partial charge is 0.338 e. The maximum atomic E-state index is 12.9. The van der Waals surface area contributed by atoms with Gasteiger partial charge in [0, 0.05) is 17.5 Å². The van der Waals surface area contributed by atoms with Crippen LogP contribution in [0.5, 0.6) is 5.75 Å². The number of ether oxygens (including phenoxy) is 2. The second kappa shape index (κ2) is 10.5. The number of carbonyl (C=O) groups is 2. The van der Waals surface area contributed by atoms with E-state index < -0.39 is 12.0 Å². The fourth-order valence-electron chi connectivity index (χ4n) is 3.63. The largest absolute Gasteiger partial charge is 0.483 e. The SMILES string of the molecule is CCOC(=O)C1=C(C)N=C2SC=CN2[C@H]1c1ccccc1OCC(=O)Nc1ccc(Cl)c(Cl)c1. The van der Waals surface area contributed by atoms with Crippen LogP contribution >= 0.6 is 35.0 Å². The minimum Gasteiger partial charge on any atom is -0.483 e. The Morgan fingerprint density at radius 3 is 2.74 bits per heavy atom. The molecule has 0 aromatic heterocycles. The Morgan fingerprint density at radius 2 is 1.97 bits per heavy atom. The molecular formula is C24H21Cl2N3O4S. The number of hydrogen-bond acceptors (Lipinski definition) is 7. The van der Waals surface area contributed by atoms with Crippen molar-refractivity contribution in [3.8, 4) is 5.75 Å². The Hall–Kier alpha value is -2.94. The number of halogens is 2. The summed E-state index contributed by atoms with van der Waals surface area (Å²) in [6.45, 7) is 3.55. The van der Waals surface area contributed by atoms with Crippen LogP contribution in [0, 0.1) is 0 Å². The van der Waals surface area contributed by atoms with Gasteiger partial charge in [0.25, 0.3) is 5.91 Å². The van der Waals surface area contributed by atoms with Gasteiger partial charge >= 0.3 is 5.97 Å². The number of amides is 1. The summed E-state index contributed by atoms with van der Waals surface area (Å²) >= 11 is 13.4. The second-order valence-corrected chi connectivity index (χ2v) is 9.02. The predicted octanol–water partition coefficient (Wildman–Crippen LogP) is 5.78. The lowest BCUT2D eigenvalue weighted by Gasteiger charge is -2.34. The molecule has 10 heteroatoms. The first-order valence-corrected chi connectivity index (χ1v) is 12.1. The van der Waals surface area contributed by atoms with Crippen LogP contribution in [-0.4, -0.2) is 35.2 Å². The summed E-state index contributed by atoms with van der Waals surface area (Å²) < 4.78 is 11.2. The molecule has 0 spiro atoms. The zero-order valence-corrected chi connectivity index (χ0v) is 20.7. The maximum Gasteiger partial charge on any atom is 0.338 e. The van der Waals surface area contributed by atoms with Gasteiger partial charge < -0.3 is 19.7 Å². The third-order valence-corrected chi connectivity index (χ3v) is 6.60. The third kappa shape index (κ3) is 5.09. The fraction of sp³-hybridized carbons (Fsp3) is 0.208. The molecule has 34 heavy (non-hydrogen) atoms. The molecule has 0 unspecified atom stereocenters. The van der Waals surface area contributed by atoms with E-state index in [0.29, 0.717) is 38.3 Å². The molecule has 2 heterocycles. The molecule has 0 fully saturated rings. The van der Waals surface area contributed by atoms with Crippen LogP contribution in [0.1, 0.15) is 25.5 Å². The number of esters is 1. The lowest BCUT2D eigenvalue weighted by atomic mass is 9.94. The highest BCUT2D eigenvalue weighted by Gasteiger charge is 2.38. The van der Waals surface area contributed by atoms with E-state index in [1.807, 2.05) is 34.7 Å². The van der Waals surface area contributed by atoms with Crippen LogP contribution in [0.2, 0.25) is 10.0 Å². The number of fused-ring (bicyclic) bond motifs is 1. The number of aliphatic imine (C=N–C) groups is 1.